The van der Waals surface area contributed by atoms with Gasteiger partial charge in [0.2, 0.25) is 0 Å². The summed E-state index contributed by atoms with van der Waals surface area (Å²) in [5, 5.41) is 16.8. The molecule has 0 bridgehead atoms. The van der Waals surface area contributed by atoms with Crippen LogP contribution in [0.2, 0.25) is 0 Å². The molecule has 0 aliphatic heterocycles. The highest BCUT2D eigenvalue weighted by Gasteiger charge is 2.35. The molecule has 1 fully saturated rings. The first kappa shape index (κ1) is 14.1. The second kappa shape index (κ2) is 5.33. The number of amides is 1. The van der Waals surface area contributed by atoms with E-state index < -0.39 is 5.54 Å². The summed E-state index contributed by atoms with van der Waals surface area (Å²) in [5.41, 5.74) is 1.03. The zero-order valence-electron chi connectivity index (χ0n) is 11.9. The van der Waals surface area contributed by atoms with Crippen LogP contribution in [0.4, 0.5) is 0 Å². The summed E-state index contributed by atoms with van der Waals surface area (Å²) in [6.45, 7) is 4.15. The molecule has 1 aromatic rings. The molecule has 19 heavy (non-hydrogen) atoms. The quantitative estimate of drug-likeness (QED) is 0.868. The van der Waals surface area contributed by atoms with E-state index in [0.717, 1.165) is 31.4 Å². The number of nitrogens with one attached hydrogen (secondary N) is 1. The fraction of sp³-hybridized carbons (Fsp3) is 0.714. The van der Waals surface area contributed by atoms with Crippen molar-refractivity contribution in [1.29, 1.82) is 0 Å². The Labute approximate surface area is 114 Å². The van der Waals surface area contributed by atoms with Crippen LogP contribution < -0.4 is 5.32 Å². The van der Waals surface area contributed by atoms with E-state index in [1.54, 1.807) is 4.68 Å². The van der Waals surface area contributed by atoms with Crippen molar-refractivity contribution in [2.24, 2.45) is 7.05 Å². The molecule has 1 aliphatic rings. The lowest BCUT2D eigenvalue weighted by Crippen LogP contribution is -2.49. The fourth-order valence-electron chi connectivity index (χ4n) is 2.81. The Balaban J connectivity index is 2.13. The normalized spacial score (nSPS) is 17.9. The van der Waals surface area contributed by atoms with E-state index in [0.29, 0.717) is 11.6 Å². The van der Waals surface area contributed by atoms with Gasteiger partial charge < -0.3 is 10.4 Å². The highest BCUT2D eigenvalue weighted by Crippen LogP contribution is 2.29. The molecule has 2 rings (SSSR count). The molecule has 5 heteroatoms. The highest BCUT2D eigenvalue weighted by atomic mass is 16.3. The molecular weight excluding hydrogens is 242 g/mol. The van der Waals surface area contributed by atoms with E-state index in [1.807, 2.05) is 13.1 Å². The molecule has 0 aromatic carbocycles. The van der Waals surface area contributed by atoms with Gasteiger partial charge in [-0.3, -0.25) is 9.48 Å². The summed E-state index contributed by atoms with van der Waals surface area (Å²) in [5.74, 6) is 0.149. The lowest BCUT2D eigenvalue weighted by molar-refractivity contribution is 0.0832. The SMILES string of the molecule is CC(C)c1cc(C(=O)NC2(CO)CCCC2)nn1C. The van der Waals surface area contributed by atoms with Crippen molar-refractivity contribution in [3.05, 3.63) is 17.5 Å². The minimum absolute atomic E-state index is 0.00259. The summed E-state index contributed by atoms with van der Waals surface area (Å²) in [6.07, 6.45) is 3.80. The molecule has 5 nitrogen and oxygen atoms in total. The molecule has 1 aromatic heterocycles. The monoisotopic (exact) mass is 265 g/mol. The van der Waals surface area contributed by atoms with Crippen molar-refractivity contribution in [2.45, 2.75) is 51.0 Å². The van der Waals surface area contributed by atoms with Gasteiger partial charge in [-0.15, -0.1) is 0 Å². The second-order valence-corrected chi connectivity index (χ2v) is 5.83. The van der Waals surface area contributed by atoms with Crippen LogP contribution in [-0.4, -0.2) is 32.9 Å². The molecule has 106 valence electrons. The topological polar surface area (TPSA) is 67.2 Å². The van der Waals surface area contributed by atoms with Gasteiger partial charge in [0.1, 0.15) is 5.69 Å². The molecular formula is C14H23N3O2. The molecule has 0 spiro atoms. The van der Waals surface area contributed by atoms with Gasteiger partial charge in [0.05, 0.1) is 12.1 Å². The maximum atomic E-state index is 12.3. The maximum Gasteiger partial charge on any atom is 0.272 e. The van der Waals surface area contributed by atoms with Crippen LogP contribution in [0, 0.1) is 0 Å². The molecule has 2 N–H and O–H groups in total. The van der Waals surface area contributed by atoms with Crippen LogP contribution in [0.25, 0.3) is 0 Å². The number of carbonyl (C=O) groups is 1. The van der Waals surface area contributed by atoms with Gasteiger partial charge in [0, 0.05) is 12.7 Å². The second-order valence-electron chi connectivity index (χ2n) is 5.83. The molecule has 1 amide bonds. The van der Waals surface area contributed by atoms with Gasteiger partial charge in [-0.05, 0) is 24.8 Å². The number of hydrogen-bond donors (Lipinski definition) is 2. The molecule has 0 unspecified atom stereocenters. The molecule has 0 saturated heterocycles. The van der Waals surface area contributed by atoms with E-state index in [2.05, 4.69) is 24.3 Å². The third-order valence-corrected chi connectivity index (χ3v) is 3.98. The minimum Gasteiger partial charge on any atom is -0.394 e. The zero-order chi connectivity index (χ0) is 14.0. The Morgan fingerprint density at radius 1 is 1.53 bits per heavy atom. The average molecular weight is 265 g/mol. The smallest absolute Gasteiger partial charge is 0.272 e. The predicted octanol–water partition coefficient (Wildman–Crippen LogP) is 1.58. The van der Waals surface area contributed by atoms with Crippen LogP contribution in [0.3, 0.4) is 0 Å². The predicted molar refractivity (Wildman–Crippen MR) is 73.0 cm³/mol. The first-order valence-corrected chi connectivity index (χ1v) is 6.95. The summed E-state index contributed by atoms with van der Waals surface area (Å²) >= 11 is 0. The van der Waals surface area contributed by atoms with Crippen molar-refractivity contribution >= 4 is 5.91 Å². The third-order valence-electron chi connectivity index (χ3n) is 3.98. The van der Waals surface area contributed by atoms with E-state index >= 15 is 0 Å². The number of aliphatic hydroxyl groups excluding tert-OH is 1. The standard InChI is InChI=1S/C14H23N3O2/c1-10(2)12-8-11(16-17(12)3)13(19)15-14(9-18)6-4-5-7-14/h8,10,18H,4-7,9H2,1-3H3,(H,15,19). The average Bonchev–Trinajstić information content (AvgIpc) is 2.96. The Morgan fingerprint density at radius 2 is 2.16 bits per heavy atom. The Bertz CT molecular complexity index is 459. The fourth-order valence-corrected chi connectivity index (χ4v) is 2.81. The molecule has 0 radical (unpaired) electrons. The number of hydrogen-bond acceptors (Lipinski definition) is 3. The third kappa shape index (κ3) is 2.81. The number of aliphatic hydroxyl groups is 1. The van der Waals surface area contributed by atoms with Gasteiger partial charge >= 0.3 is 0 Å². The van der Waals surface area contributed by atoms with Crippen LogP contribution in [-0.2, 0) is 7.05 Å². The summed E-state index contributed by atoms with van der Waals surface area (Å²) in [6, 6.07) is 1.83. The zero-order valence-corrected chi connectivity index (χ0v) is 11.9. The van der Waals surface area contributed by atoms with Gasteiger partial charge in [-0.2, -0.15) is 5.10 Å². The van der Waals surface area contributed by atoms with E-state index in [9.17, 15) is 9.90 Å². The first-order chi connectivity index (χ1) is 8.97. The van der Waals surface area contributed by atoms with Crippen molar-refractivity contribution in [3.8, 4) is 0 Å². The Kier molecular flexibility index (Phi) is 3.94. The summed E-state index contributed by atoms with van der Waals surface area (Å²) in [7, 11) is 1.85. The summed E-state index contributed by atoms with van der Waals surface area (Å²) < 4.78 is 1.75. The lowest BCUT2D eigenvalue weighted by atomic mass is 9.98. The maximum absolute atomic E-state index is 12.3. The van der Waals surface area contributed by atoms with E-state index in [1.165, 1.54) is 0 Å². The van der Waals surface area contributed by atoms with E-state index in [-0.39, 0.29) is 12.5 Å². The first-order valence-electron chi connectivity index (χ1n) is 6.95. The number of nitrogens with zero attached hydrogens (tertiary/aromatic N) is 2. The summed E-state index contributed by atoms with van der Waals surface area (Å²) in [4.78, 5) is 12.3. The van der Waals surface area contributed by atoms with Gasteiger partial charge in [-0.25, -0.2) is 0 Å². The number of rotatable bonds is 4. The minimum atomic E-state index is -0.438. The molecule has 0 atom stereocenters. The van der Waals surface area contributed by atoms with Gasteiger partial charge in [0.25, 0.3) is 5.91 Å². The number of aryl methyl sites for hydroxylation is 1. The van der Waals surface area contributed by atoms with Crippen LogP contribution >= 0.6 is 0 Å². The van der Waals surface area contributed by atoms with Gasteiger partial charge in [-0.1, -0.05) is 26.7 Å². The van der Waals surface area contributed by atoms with Crippen LogP contribution in [0.1, 0.15) is 61.6 Å². The number of carbonyl (C=O) groups excluding carboxylic acids is 1. The van der Waals surface area contributed by atoms with Crippen molar-refractivity contribution < 1.29 is 9.90 Å². The molecule has 1 aliphatic carbocycles. The lowest BCUT2D eigenvalue weighted by Gasteiger charge is -2.27. The van der Waals surface area contributed by atoms with Crippen LogP contribution in [0.5, 0.6) is 0 Å². The molecule has 1 heterocycles. The van der Waals surface area contributed by atoms with Crippen molar-refractivity contribution in [2.75, 3.05) is 6.61 Å². The number of aromatic nitrogens is 2. The Hall–Kier alpha value is -1.36. The largest absolute Gasteiger partial charge is 0.394 e. The van der Waals surface area contributed by atoms with Crippen molar-refractivity contribution in [3.63, 3.8) is 0 Å². The van der Waals surface area contributed by atoms with Crippen LogP contribution in [0.15, 0.2) is 6.07 Å². The highest BCUT2D eigenvalue weighted by molar-refractivity contribution is 5.93. The van der Waals surface area contributed by atoms with Gasteiger partial charge in [0.15, 0.2) is 0 Å². The Morgan fingerprint density at radius 3 is 2.63 bits per heavy atom. The van der Waals surface area contributed by atoms with E-state index in [4.69, 9.17) is 0 Å². The molecule has 1 saturated carbocycles. The van der Waals surface area contributed by atoms with Crippen molar-refractivity contribution in [1.82, 2.24) is 15.1 Å².